The molecule has 2 aromatic rings. The summed E-state index contributed by atoms with van der Waals surface area (Å²) < 4.78 is 0.988. The number of carbonyl (C=O) groups is 3. The van der Waals surface area contributed by atoms with E-state index < -0.39 is 17.4 Å². The number of hydrogen-bond donors (Lipinski definition) is 1. The second kappa shape index (κ2) is 7.81. The smallest absolute Gasteiger partial charge is 0.244 e. The first kappa shape index (κ1) is 21.3. The Morgan fingerprint density at radius 2 is 1.72 bits per heavy atom. The van der Waals surface area contributed by atoms with Crippen molar-refractivity contribution >= 4 is 33.7 Å². The van der Waals surface area contributed by atoms with E-state index >= 15 is 0 Å². The van der Waals surface area contributed by atoms with Gasteiger partial charge in [0.25, 0.3) is 0 Å². The number of imide groups is 1. The van der Waals surface area contributed by atoms with E-state index in [1.807, 2.05) is 60.4 Å². The molecule has 0 unspecified atom stereocenters. The van der Waals surface area contributed by atoms with Crippen molar-refractivity contribution in [2.24, 2.45) is 11.8 Å². The lowest BCUT2D eigenvalue weighted by molar-refractivity contribution is -0.149. The molecule has 4 atom stereocenters. The van der Waals surface area contributed by atoms with Crippen molar-refractivity contribution in [1.29, 1.82) is 0 Å². The van der Waals surface area contributed by atoms with Gasteiger partial charge in [-0.1, -0.05) is 57.9 Å². The van der Waals surface area contributed by atoms with Gasteiger partial charge in [-0.25, -0.2) is 0 Å². The highest BCUT2D eigenvalue weighted by molar-refractivity contribution is 9.10. The largest absolute Gasteiger partial charge is 0.337 e. The highest BCUT2D eigenvalue weighted by Gasteiger charge is 2.68. The quantitative estimate of drug-likeness (QED) is 0.663. The summed E-state index contributed by atoms with van der Waals surface area (Å²) >= 11 is 3.45. The zero-order chi connectivity index (χ0) is 22.6. The second-order valence-electron chi connectivity index (χ2n) is 9.20. The van der Waals surface area contributed by atoms with Gasteiger partial charge in [0, 0.05) is 30.7 Å². The fourth-order valence-electron chi connectivity index (χ4n) is 5.63. The molecule has 3 saturated heterocycles. The predicted molar refractivity (Wildman–Crippen MR) is 123 cm³/mol. The normalized spacial score (nSPS) is 29.8. The van der Waals surface area contributed by atoms with Gasteiger partial charge < -0.3 is 4.90 Å². The molecular weight excluding hydrogens is 470 g/mol. The topological polar surface area (TPSA) is 69.7 Å². The van der Waals surface area contributed by atoms with Crippen LogP contribution in [-0.4, -0.2) is 46.7 Å². The molecule has 166 valence electrons. The Labute approximate surface area is 196 Å². The highest BCUT2D eigenvalue weighted by Crippen LogP contribution is 2.51. The molecule has 3 amide bonds. The lowest BCUT2D eigenvalue weighted by Gasteiger charge is -2.42. The van der Waals surface area contributed by atoms with Crippen LogP contribution in [0.1, 0.15) is 35.6 Å². The number of likely N-dealkylation sites (tertiary alicyclic amines) is 2. The van der Waals surface area contributed by atoms with E-state index in [0.29, 0.717) is 19.5 Å². The molecule has 32 heavy (non-hydrogen) atoms. The van der Waals surface area contributed by atoms with Crippen molar-refractivity contribution in [3.63, 3.8) is 0 Å². The summed E-state index contributed by atoms with van der Waals surface area (Å²) in [6.45, 7) is 3.14. The van der Waals surface area contributed by atoms with Crippen molar-refractivity contribution in [1.82, 2.24) is 15.1 Å². The number of benzene rings is 2. The molecular formula is C25H26BrN3O3. The number of amides is 3. The van der Waals surface area contributed by atoms with Gasteiger partial charge in [-0.2, -0.15) is 0 Å². The molecule has 6 nitrogen and oxygen atoms in total. The Bertz CT molecular complexity index is 1080. The van der Waals surface area contributed by atoms with Crippen LogP contribution in [0, 0.1) is 18.8 Å². The zero-order valence-electron chi connectivity index (χ0n) is 18.2. The average molecular weight is 496 g/mol. The maximum atomic E-state index is 13.9. The molecule has 3 aliphatic heterocycles. The van der Waals surface area contributed by atoms with Crippen LogP contribution in [0.5, 0.6) is 0 Å². The van der Waals surface area contributed by atoms with Crippen LogP contribution in [0.15, 0.2) is 53.0 Å². The fraction of sp³-hybridized carbons (Fsp3) is 0.400. The van der Waals surface area contributed by atoms with Gasteiger partial charge in [0.05, 0.1) is 11.8 Å². The lowest BCUT2D eigenvalue weighted by atomic mass is 9.74. The van der Waals surface area contributed by atoms with Crippen molar-refractivity contribution in [2.45, 2.75) is 37.9 Å². The van der Waals surface area contributed by atoms with Crippen LogP contribution < -0.4 is 5.32 Å². The summed E-state index contributed by atoms with van der Waals surface area (Å²) in [5.74, 6) is -1.76. The molecule has 3 fully saturated rings. The Kier molecular flexibility index (Phi) is 5.21. The molecule has 0 saturated carbocycles. The third-order valence-electron chi connectivity index (χ3n) is 7.27. The number of halogens is 1. The molecule has 3 heterocycles. The number of nitrogens with one attached hydrogen (secondary N) is 1. The summed E-state index contributed by atoms with van der Waals surface area (Å²) in [5, 5.41) is 3.53. The number of rotatable bonds is 3. The summed E-state index contributed by atoms with van der Waals surface area (Å²) in [6.07, 6.45) is 1.34. The first-order valence-electron chi connectivity index (χ1n) is 11.0. The highest BCUT2D eigenvalue weighted by atomic mass is 79.9. The minimum absolute atomic E-state index is 0.0762. The van der Waals surface area contributed by atoms with Crippen molar-refractivity contribution in [2.75, 3.05) is 13.6 Å². The summed E-state index contributed by atoms with van der Waals surface area (Å²) in [6, 6.07) is 15.6. The number of aryl methyl sites for hydroxylation is 1. The van der Waals surface area contributed by atoms with Gasteiger partial charge >= 0.3 is 0 Å². The molecule has 1 N–H and O–H groups in total. The second-order valence-corrected chi connectivity index (χ2v) is 10.1. The number of fused-ring (bicyclic) bond motifs is 2. The van der Waals surface area contributed by atoms with Gasteiger partial charge in [-0.15, -0.1) is 0 Å². The number of carbonyl (C=O) groups excluding carboxylic acids is 3. The van der Waals surface area contributed by atoms with Crippen LogP contribution in [-0.2, 0) is 20.9 Å². The molecule has 7 heteroatoms. The molecule has 3 aliphatic rings. The van der Waals surface area contributed by atoms with E-state index in [1.165, 1.54) is 11.9 Å². The Balaban J connectivity index is 1.52. The fourth-order valence-corrected chi connectivity index (χ4v) is 5.90. The summed E-state index contributed by atoms with van der Waals surface area (Å²) in [4.78, 5) is 43.3. The Morgan fingerprint density at radius 1 is 1.03 bits per heavy atom. The molecule has 0 aliphatic carbocycles. The zero-order valence-corrected chi connectivity index (χ0v) is 19.8. The van der Waals surface area contributed by atoms with E-state index in [4.69, 9.17) is 0 Å². The van der Waals surface area contributed by atoms with Gasteiger partial charge in [-0.3, -0.25) is 24.6 Å². The van der Waals surface area contributed by atoms with E-state index in [0.717, 1.165) is 27.6 Å². The molecule has 0 radical (unpaired) electrons. The molecule has 0 aromatic heterocycles. The summed E-state index contributed by atoms with van der Waals surface area (Å²) in [5.41, 5.74) is 2.05. The van der Waals surface area contributed by atoms with Crippen molar-refractivity contribution in [3.05, 3.63) is 69.7 Å². The molecule has 5 rings (SSSR count). The van der Waals surface area contributed by atoms with Crippen LogP contribution in [0.25, 0.3) is 0 Å². The minimum Gasteiger partial charge on any atom is -0.337 e. The van der Waals surface area contributed by atoms with Gasteiger partial charge in [0.15, 0.2) is 0 Å². The van der Waals surface area contributed by atoms with Crippen LogP contribution >= 0.6 is 15.9 Å². The van der Waals surface area contributed by atoms with Gasteiger partial charge in [0.2, 0.25) is 17.7 Å². The van der Waals surface area contributed by atoms with Crippen LogP contribution in [0.4, 0.5) is 0 Å². The van der Waals surface area contributed by atoms with E-state index in [-0.39, 0.29) is 23.8 Å². The third-order valence-corrected chi connectivity index (χ3v) is 7.79. The SMILES string of the molecule is Cc1ccc([C@H]2N[C@]3(CCCN(Cc4ccc(Br)cc4)C3=O)[C@H]3C(=O)N(C)C(=O)[C@@H]23)cc1. The summed E-state index contributed by atoms with van der Waals surface area (Å²) in [7, 11) is 1.54. The van der Waals surface area contributed by atoms with Crippen molar-refractivity contribution < 1.29 is 14.4 Å². The minimum atomic E-state index is -1.05. The van der Waals surface area contributed by atoms with E-state index in [1.54, 1.807) is 0 Å². The molecule has 2 aromatic carbocycles. The monoisotopic (exact) mass is 495 g/mol. The first-order chi connectivity index (χ1) is 15.3. The predicted octanol–water partition coefficient (Wildman–Crippen LogP) is 3.19. The number of piperidine rings is 1. The standard InChI is InChI=1S/C25H26BrN3O3/c1-15-4-8-17(9-5-15)21-19-20(23(31)28(2)22(19)30)25(27-21)12-3-13-29(24(25)32)14-16-6-10-18(26)11-7-16/h4-11,19-21,27H,3,12-14H2,1-2H3/t19-,20-,21-,25-/m1/s1. The Morgan fingerprint density at radius 3 is 2.41 bits per heavy atom. The van der Waals surface area contributed by atoms with E-state index in [2.05, 4.69) is 21.2 Å². The Hall–Kier alpha value is -2.51. The first-order valence-corrected chi connectivity index (χ1v) is 11.8. The van der Waals surface area contributed by atoms with Crippen LogP contribution in [0.2, 0.25) is 0 Å². The molecule has 0 bridgehead atoms. The lowest BCUT2D eigenvalue weighted by Crippen LogP contribution is -2.63. The number of hydrogen-bond acceptors (Lipinski definition) is 4. The van der Waals surface area contributed by atoms with Gasteiger partial charge in [-0.05, 0) is 43.0 Å². The maximum Gasteiger partial charge on any atom is 0.244 e. The maximum absolute atomic E-state index is 13.9. The average Bonchev–Trinajstić information content (AvgIpc) is 3.23. The van der Waals surface area contributed by atoms with Crippen LogP contribution in [0.3, 0.4) is 0 Å². The van der Waals surface area contributed by atoms with Crippen molar-refractivity contribution in [3.8, 4) is 0 Å². The molecule has 1 spiro atoms. The third kappa shape index (κ3) is 3.21. The van der Waals surface area contributed by atoms with E-state index in [9.17, 15) is 14.4 Å². The van der Waals surface area contributed by atoms with Gasteiger partial charge in [0.1, 0.15) is 5.54 Å². The number of nitrogens with zero attached hydrogens (tertiary/aromatic N) is 2.